The molecule has 0 saturated heterocycles. The average Bonchev–Trinajstić information content (AvgIpc) is 1.98. The number of aliphatic imine (C=N–C) groups is 1. The van der Waals surface area contributed by atoms with Crippen LogP contribution >= 0.6 is 38.5 Å². The van der Waals surface area contributed by atoms with Crippen molar-refractivity contribution in [1.29, 1.82) is 0 Å². The summed E-state index contributed by atoms with van der Waals surface area (Å²) in [5, 5.41) is 0. The molecule has 0 amide bonds. The monoisotopic (exact) mass is 323 g/mol. The van der Waals surface area contributed by atoms with Gasteiger partial charge < -0.3 is 0 Å². The molecule has 0 heterocycles. The van der Waals surface area contributed by atoms with E-state index < -0.39 is 0 Å². The molecule has 0 saturated carbocycles. The molecule has 1 aromatic carbocycles. The van der Waals surface area contributed by atoms with Crippen molar-refractivity contribution in [3.8, 4) is 0 Å². The topological polar surface area (TPSA) is 29.4 Å². The van der Waals surface area contributed by atoms with Gasteiger partial charge in [0.15, 0.2) is 0 Å². The second-order valence-electron chi connectivity index (χ2n) is 1.80. The van der Waals surface area contributed by atoms with Crippen molar-refractivity contribution in [2.24, 2.45) is 4.99 Å². The highest BCUT2D eigenvalue weighted by Gasteiger charge is 1.95. The van der Waals surface area contributed by atoms with Gasteiger partial charge in [-0.05, 0) is 56.7 Å². The van der Waals surface area contributed by atoms with Crippen LogP contribution in [0.15, 0.2) is 27.7 Å². The van der Waals surface area contributed by atoms with Crippen molar-refractivity contribution in [2.45, 2.75) is 0 Å². The number of carbonyl (C=O) groups excluding carboxylic acids is 1. The van der Waals surface area contributed by atoms with Crippen LogP contribution in [0, 0.1) is 3.57 Å². The highest BCUT2D eigenvalue weighted by atomic mass is 127. The highest BCUT2D eigenvalue weighted by molar-refractivity contribution is 14.1. The number of nitrogens with zero attached hydrogens (tertiary/aromatic N) is 1. The van der Waals surface area contributed by atoms with Crippen LogP contribution in [0.5, 0.6) is 0 Å². The lowest BCUT2D eigenvalue weighted by Crippen LogP contribution is -1.72. The molecule has 4 heteroatoms. The summed E-state index contributed by atoms with van der Waals surface area (Å²) in [6.45, 7) is 0. The predicted molar refractivity (Wildman–Crippen MR) is 54.6 cm³/mol. The van der Waals surface area contributed by atoms with Crippen LogP contribution in [-0.4, -0.2) is 6.08 Å². The first kappa shape index (κ1) is 8.90. The van der Waals surface area contributed by atoms with Crippen molar-refractivity contribution in [2.75, 3.05) is 0 Å². The Balaban J connectivity index is 3.14. The molecule has 0 aliphatic carbocycles. The maximum absolute atomic E-state index is 9.86. The van der Waals surface area contributed by atoms with E-state index in [1.165, 1.54) is 6.08 Å². The van der Waals surface area contributed by atoms with E-state index in [0.29, 0.717) is 5.69 Å². The first-order valence-corrected chi connectivity index (χ1v) is 4.64. The lowest BCUT2D eigenvalue weighted by atomic mass is 10.3. The molecule has 0 aliphatic heterocycles. The lowest BCUT2D eigenvalue weighted by Gasteiger charge is -1.94. The molecule has 0 atom stereocenters. The van der Waals surface area contributed by atoms with E-state index in [1.807, 2.05) is 6.07 Å². The fourth-order valence-corrected chi connectivity index (χ4v) is 1.35. The standard InChI is InChI=1S/C7H3BrINO/c8-6-2-1-5(10-4-11)3-7(6)9/h1-3H. The minimum atomic E-state index is 0.632. The number of benzene rings is 1. The second-order valence-corrected chi connectivity index (χ2v) is 3.82. The Hall–Kier alpha value is -0.190. The molecule has 56 valence electrons. The SMILES string of the molecule is O=C=Nc1ccc(Br)c(I)c1. The first-order valence-electron chi connectivity index (χ1n) is 2.77. The number of isocyanates is 1. The van der Waals surface area contributed by atoms with Gasteiger partial charge in [-0.3, -0.25) is 0 Å². The van der Waals surface area contributed by atoms with E-state index in [2.05, 4.69) is 43.5 Å². The van der Waals surface area contributed by atoms with Gasteiger partial charge in [0.1, 0.15) is 0 Å². The molecule has 0 bridgehead atoms. The zero-order chi connectivity index (χ0) is 8.27. The Morgan fingerprint density at radius 1 is 1.55 bits per heavy atom. The molecular formula is C7H3BrINO. The Morgan fingerprint density at radius 2 is 2.27 bits per heavy atom. The summed E-state index contributed by atoms with van der Waals surface area (Å²) in [6.07, 6.45) is 1.49. The molecule has 11 heavy (non-hydrogen) atoms. The minimum absolute atomic E-state index is 0.632. The van der Waals surface area contributed by atoms with E-state index in [0.717, 1.165) is 8.04 Å². The van der Waals surface area contributed by atoms with Gasteiger partial charge >= 0.3 is 0 Å². The molecular weight excluding hydrogens is 321 g/mol. The maximum Gasteiger partial charge on any atom is 0.240 e. The van der Waals surface area contributed by atoms with Crippen LogP contribution in [0.1, 0.15) is 0 Å². The van der Waals surface area contributed by atoms with E-state index in [9.17, 15) is 4.79 Å². The number of rotatable bonds is 1. The van der Waals surface area contributed by atoms with Crippen molar-refractivity contribution >= 4 is 50.3 Å². The quantitative estimate of drug-likeness (QED) is 0.444. The Morgan fingerprint density at radius 3 is 2.82 bits per heavy atom. The van der Waals surface area contributed by atoms with Crippen LogP contribution in [0.3, 0.4) is 0 Å². The molecule has 0 fully saturated rings. The number of halogens is 2. The molecule has 0 spiro atoms. The van der Waals surface area contributed by atoms with Gasteiger partial charge in [-0.2, -0.15) is 4.99 Å². The van der Waals surface area contributed by atoms with Gasteiger partial charge in [-0.1, -0.05) is 0 Å². The third kappa shape index (κ3) is 2.39. The smallest absolute Gasteiger partial charge is 0.211 e. The van der Waals surface area contributed by atoms with Crippen molar-refractivity contribution < 1.29 is 4.79 Å². The third-order valence-corrected chi connectivity index (χ3v) is 3.40. The number of hydrogen-bond acceptors (Lipinski definition) is 2. The van der Waals surface area contributed by atoms with Crippen molar-refractivity contribution in [3.63, 3.8) is 0 Å². The minimum Gasteiger partial charge on any atom is -0.211 e. The highest BCUT2D eigenvalue weighted by Crippen LogP contribution is 2.23. The first-order chi connectivity index (χ1) is 5.24. The van der Waals surface area contributed by atoms with Gasteiger partial charge in [-0.15, -0.1) is 0 Å². The Kier molecular flexibility index (Phi) is 3.23. The Labute approximate surface area is 86.0 Å². The maximum atomic E-state index is 9.86. The second kappa shape index (κ2) is 3.99. The molecule has 0 aromatic heterocycles. The summed E-state index contributed by atoms with van der Waals surface area (Å²) in [5.41, 5.74) is 0.632. The molecule has 0 unspecified atom stereocenters. The van der Waals surface area contributed by atoms with E-state index >= 15 is 0 Å². The summed E-state index contributed by atoms with van der Waals surface area (Å²) in [6, 6.07) is 5.39. The average molecular weight is 324 g/mol. The molecule has 2 nitrogen and oxygen atoms in total. The predicted octanol–water partition coefficient (Wildman–Crippen LogP) is 3.02. The van der Waals surface area contributed by atoms with Crippen LogP contribution in [0.25, 0.3) is 0 Å². The third-order valence-electron chi connectivity index (χ3n) is 1.08. The lowest BCUT2D eigenvalue weighted by molar-refractivity contribution is 0.565. The van der Waals surface area contributed by atoms with Gasteiger partial charge in [0, 0.05) is 8.04 Å². The molecule has 1 rings (SSSR count). The summed E-state index contributed by atoms with van der Waals surface area (Å²) in [4.78, 5) is 13.3. The molecule has 0 N–H and O–H groups in total. The summed E-state index contributed by atoms with van der Waals surface area (Å²) >= 11 is 5.49. The van der Waals surface area contributed by atoms with Crippen molar-refractivity contribution in [3.05, 3.63) is 26.2 Å². The molecule has 1 aromatic rings. The molecule has 0 radical (unpaired) electrons. The fourth-order valence-electron chi connectivity index (χ4n) is 0.607. The van der Waals surface area contributed by atoms with E-state index in [1.54, 1.807) is 12.1 Å². The summed E-state index contributed by atoms with van der Waals surface area (Å²) < 4.78 is 2.03. The van der Waals surface area contributed by atoms with Crippen molar-refractivity contribution in [1.82, 2.24) is 0 Å². The van der Waals surface area contributed by atoms with Crippen LogP contribution < -0.4 is 0 Å². The zero-order valence-corrected chi connectivity index (χ0v) is 9.09. The van der Waals surface area contributed by atoms with Gasteiger partial charge in [-0.25, -0.2) is 4.79 Å². The van der Waals surface area contributed by atoms with Gasteiger partial charge in [0.2, 0.25) is 6.08 Å². The molecule has 0 aliphatic rings. The van der Waals surface area contributed by atoms with Crippen LogP contribution in [0.2, 0.25) is 0 Å². The van der Waals surface area contributed by atoms with Gasteiger partial charge in [0.25, 0.3) is 0 Å². The fraction of sp³-hybridized carbons (Fsp3) is 0. The van der Waals surface area contributed by atoms with E-state index in [4.69, 9.17) is 0 Å². The van der Waals surface area contributed by atoms with Crippen LogP contribution in [-0.2, 0) is 4.79 Å². The normalized spacial score (nSPS) is 8.91. The summed E-state index contributed by atoms with van der Waals surface area (Å²) in [5.74, 6) is 0. The van der Waals surface area contributed by atoms with E-state index in [-0.39, 0.29) is 0 Å². The van der Waals surface area contributed by atoms with Crippen LogP contribution in [0.4, 0.5) is 5.69 Å². The number of hydrogen-bond donors (Lipinski definition) is 0. The largest absolute Gasteiger partial charge is 0.240 e. The Bertz CT molecular complexity index is 320. The van der Waals surface area contributed by atoms with Gasteiger partial charge in [0.05, 0.1) is 5.69 Å². The zero-order valence-electron chi connectivity index (χ0n) is 5.34. The summed E-state index contributed by atoms with van der Waals surface area (Å²) in [7, 11) is 0.